The summed E-state index contributed by atoms with van der Waals surface area (Å²) in [6, 6.07) is 0. The zero-order valence-corrected chi connectivity index (χ0v) is 5.41. The fraction of sp³-hybridized carbons (Fsp3) is 1.00. The number of nitrogens with two attached hydrogens (primary N) is 1. The molecule has 0 aliphatic carbocycles. The third-order valence-corrected chi connectivity index (χ3v) is 0.289. The van der Waals surface area contributed by atoms with Crippen LogP contribution in [0.1, 0.15) is 13.3 Å². The topological polar surface area (TPSA) is 26.0 Å². The summed E-state index contributed by atoms with van der Waals surface area (Å²) < 4.78 is 0. The normalized spacial score (nSPS) is 6.00. The second-order valence-electron chi connectivity index (χ2n) is 0.789. The predicted molar refractivity (Wildman–Crippen MR) is 19.3 cm³/mol. The van der Waals surface area contributed by atoms with E-state index in [9.17, 15) is 0 Å². The molecule has 0 bridgehead atoms. The Morgan fingerprint density at radius 3 is 1.80 bits per heavy atom. The van der Waals surface area contributed by atoms with Crippen LogP contribution in [-0.2, 0) is 21.1 Å². The number of rotatable bonds is 1. The maximum absolute atomic E-state index is 5.03. The first kappa shape index (κ1) is 9.17. The smallest absolute Gasteiger partial charge is 0 e. The SMILES string of the molecule is CCCN.[Mo]. The molecule has 0 fully saturated rings. The molecule has 0 rings (SSSR count). The predicted octanol–water partition coefficient (Wildman–Crippen LogP) is 0.353. The summed E-state index contributed by atoms with van der Waals surface area (Å²) in [6.07, 6.45) is 1.10. The molecule has 32 valence electrons. The van der Waals surface area contributed by atoms with Crippen LogP contribution in [0.4, 0.5) is 0 Å². The van der Waals surface area contributed by atoms with Gasteiger partial charge in [-0.15, -0.1) is 0 Å². The molecule has 2 N–H and O–H groups in total. The second kappa shape index (κ2) is 8.82. The average molecular weight is 155 g/mol. The van der Waals surface area contributed by atoms with Gasteiger partial charge in [-0.05, 0) is 13.0 Å². The Morgan fingerprint density at radius 1 is 1.60 bits per heavy atom. The molecular weight excluding hydrogens is 146 g/mol. The largest absolute Gasteiger partial charge is 0.330 e. The van der Waals surface area contributed by atoms with E-state index < -0.39 is 0 Å². The maximum atomic E-state index is 5.03. The monoisotopic (exact) mass is 157 g/mol. The molecule has 0 amide bonds. The average Bonchev–Trinajstić information content (AvgIpc) is 1.37. The number of hydrogen-bond donors (Lipinski definition) is 1. The molecule has 1 nitrogen and oxygen atoms in total. The van der Waals surface area contributed by atoms with Gasteiger partial charge in [0.15, 0.2) is 0 Å². The quantitative estimate of drug-likeness (QED) is 0.543. The third-order valence-electron chi connectivity index (χ3n) is 0.289. The van der Waals surface area contributed by atoms with Crippen molar-refractivity contribution < 1.29 is 21.1 Å². The minimum absolute atomic E-state index is 0. The Hall–Kier alpha value is 0.648. The van der Waals surface area contributed by atoms with Gasteiger partial charge in [0.1, 0.15) is 0 Å². The first-order chi connectivity index (χ1) is 1.91. The van der Waals surface area contributed by atoms with Crippen molar-refractivity contribution in [1.29, 1.82) is 0 Å². The molecule has 2 heteroatoms. The van der Waals surface area contributed by atoms with Crippen LogP contribution in [0.25, 0.3) is 0 Å². The molecule has 0 heterocycles. The molecule has 0 unspecified atom stereocenters. The van der Waals surface area contributed by atoms with Gasteiger partial charge in [-0.25, -0.2) is 0 Å². The summed E-state index contributed by atoms with van der Waals surface area (Å²) in [5.74, 6) is 0. The zero-order valence-electron chi connectivity index (χ0n) is 3.40. The molecule has 0 saturated carbocycles. The third kappa shape index (κ3) is 12.0. The van der Waals surface area contributed by atoms with Crippen molar-refractivity contribution in [3.8, 4) is 0 Å². The molecule has 0 aromatic rings. The molecule has 0 aromatic heterocycles. The first-order valence-corrected chi connectivity index (χ1v) is 1.62. The summed E-state index contributed by atoms with van der Waals surface area (Å²) in [7, 11) is 0. The Kier molecular flexibility index (Phi) is 16.2. The van der Waals surface area contributed by atoms with Gasteiger partial charge in [0.25, 0.3) is 0 Å². The van der Waals surface area contributed by atoms with Crippen molar-refractivity contribution >= 4 is 0 Å². The molecule has 0 aliphatic rings. The van der Waals surface area contributed by atoms with E-state index in [1.165, 1.54) is 0 Å². The molecule has 0 aliphatic heterocycles. The molecule has 0 radical (unpaired) electrons. The van der Waals surface area contributed by atoms with Crippen LogP contribution in [0, 0.1) is 0 Å². The van der Waals surface area contributed by atoms with Gasteiger partial charge >= 0.3 is 0 Å². The van der Waals surface area contributed by atoms with Gasteiger partial charge in [0.2, 0.25) is 0 Å². The van der Waals surface area contributed by atoms with E-state index in [0.29, 0.717) is 0 Å². The van der Waals surface area contributed by atoms with Gasteiger partial charge in [0.05, 0.1) is 0 Å². The van der Waals surface area contributed by atoms with Crippen LogP contribution in [0.15, 0.2) is 0 Å². The van der Waals surface area contributed by atoms with Crippen LogP contribution < -0.4 is 5.73 Å². The summed E-state index contributed by atoms with van der Waals surface area (Å²) in [5, 5.41) is 0. The molecule has 0 saturated heterocycles. The van der Waals surface area contributed by atoms with E-state index in [2.05, 4.69) is 6.92 Å². The van der Waals surface area contributed by atoms with Gasteiger partial charge in [-0.1, -0.05) is 6.92 Å². The van der Waals surface area contributed by atoms with Crippen LogP contribution in [0.2, 0.25) is 0 Å². The fourth-order valence-electron chi connectivity index (χ4n) is 0. The van der Waals surface area contributed by atoms with Crippen LogP contribution in [0.5, 0.6) is 0 Å². The van der Waals surface area contributed by atoms with E-state index in [-0.39, 0.29) is 21.1 Å². The molecular formula is C3H9MoN. The van der Waals surface area contributed by atoms with E-state index in [4.69, 9.17) is 5.73 Å². The van der Waals surface area contributed by atoms with E-state index in [1.54, 1.807) is 0 Å². The fourth-order valence-corrected chi connectivity index (χ4v) is 0. The molecule has 0 spiro atoms. The van der Waals surface area contributed by atoms with E-state index in [0.717, 1.165) is 13.0 Å². The molecule has 0 atom stereocenters. The zero-order chi connectivity index (χ0) is 3.41. The van der Waals surface area contributed by atoms with Gasteiger partial charge in [0, 0.05) is 21.1 Å². The van der Waals surface area contributed by atoms with Gasteiger partial charge < -0.3 is 5.73 Å². The van der Waals surface area contributed by atoms with Gasteiger partial charge in [-0.2, -0.15) is 0 Å². The Bertz CT molecular complexity index is 8.85. The van der Waals surface area contributed by atoms with Crippen molar-refractivity contribution in [1.82, 2.24) is 0 Å². The second-order valence-corrected chi connectivity index (χ2v) is 0.789. The minimum atomic E-state index is 0. The minimum Gasteiger partial charge on any atom is -0.330 e. The molecule has 0 aromatic carbocycles. The Labute approximate surface area is 47.2 Å². The first-order valence-electron chi connectivity index (χ1n) is 1.62. The van der Waals surface area contributed by atoms with Crippen LogP contribution in [-0.4, -0.2) is 6.54 Å². The van der Waals surface area contributed by atoms with Crippen molar-refractivity contribution in [2.75, 3.05) is 6.54 Å². The van der Waals surface area contributed by atoms with Gasteiger partial charge in [-0.3, -0.25) is 0 Å². The summed E-state index contributed by atoms with van der Waals surface area (Å²) >= 11 is 0. The Morgan fingerprint density at radius 2 is 1.80 bits per heavy atom. The molecule has 5 heavy (non-hydrogen) atoms. The van der Waals surface area contributed by atoms with Crippen molar-refractivity contribution in [3.63, 3.8) is 0 Å². The van der Waals surface area contributed by atoms with Crippen molar-refractivity contribution in [2.24, 2.45) is 5.73 Å². The summed E-state index contributed by atoms with van der Waals surface area (Å²) in [5.41, 5.74) is 5.03. The standard InChI is InChI=1S/C3H9N.Mo/c1-2-3-4;/h2-4H2,1H3;. The summed E-state index contributed by atoms with van der Waals surface area (Å²) in [4.78, 5) is 0. The van der Waals surface area contributed by atoms with E-state index in [1.807, 2.05) is 0 Å². The summed E-state index contributed by atoms with van der Waals surface area (Å²) in [6.45, 7) is 2.88. The van der Waals surface area contributed by atoms with Crippen molar-refractivity contribution in [3.05, 3.63) is 0 Å². The maximum Gasteiger partial charge on any atom is 0 e. The van der Waals surface area contributed by atoms with Crippen LogP contribution in [0.3, 0.4) is 0 Å². The van der Waals surface area contributed by atoms with Crippen LogP contribution >= 0.6 is 0 Å². The van der Waals surface area contributed by atoms with Crippen molar-refractivity contribution in [2.45, 2.75) is 13.3 Å². The number of hydrogen-bond acceptors (Lipinski definition) is 1. The Balaban J connectivity index is 0. The van der Waals surface area contributed by atoms with E-state index >= 15 is 0 Å².